The van der Waals surface area contributed by atoms with Gasteiger partial charge >= 0.3 is 0 Å². The molecule has 0 aromatic heterocycles. The first kappa shape index (κ1) is 16.5. The molecule has 0 aliphatic carbocycles. The molecule has 0 saturated carbocycles. The van der Waals surface area contributed by atoms with Crippen LogP contribution in [0.25, 0.3) is 0 Å². The van der Waals surface area contributed by atoms with Crippen molar-refractivity contribution < 1.29 is 0 Å². The highest BCUT2D eigenvalue weighted by molar-refractivity contribution is 7.80. The highest BCUT2D eigenvalue weighted by Gasteiger charge is 2.03. The summed E-state index contributed by atoms with van der Waals surface area (Å²) < 4.78 is 0. The van der Waals surface area contributed by atoms with Crippen molar-refractivity contribution in [2.75, 3.05) is 11.9 Å². The monoisotopic (exact) mass is 312 g/mol. The summed E-state index contributed by atoms with van der Waals surface area (Å²) in [7, 11) is 0. The second-order valence-corrected chi connectivity index (χ2v) is 5.96. The van der Waals surface area contributed by atoms with Crippen molar-refractivity contribution in [2.24, 2.45) is 0 Å². The van der Waals surface area contributed by atoms with Crippen molar-refractivity contribution in [1.29, 1.82) is 0 Å². The molecule has 2 N–H and O–H groups in total. The summed E-state index contributed by atoms with van der Waals surface area (Å²) in [6.45, 7) is 5.29. The number of rotatable bonds is 6. The summed E-state index contributed by atoms with van der Waals surface area (Å²) in [5.74, 6) is 0.602. The number of hydrogen-bond acceptors (Lipinski definition) is 1. The van der Waals surface area contributed by atoms with E-state index in [1.54, 1.807) is 0 Å². The van der Waals surface area contributed by atoms with E-state index in [9.17, 15) is 0 Å². The Bertz CT molecular complexity index is 578. The van der Waals surface area contributed by atoms with E-state index in [1.807, 2.05) is 6.07 Å². The van der Waals surface area contributed by atoms with Crippen LogP contribution in [0.1, 0.15) is 37.3 Å². The Morgan fingerprint density at radius 3 is 2.36 bits per heavy atom. The third-order valence-electron chi connectivity index (χ3n) is 3.89. The lowest BCUT2D eigenvalue weighted by Gasteiger charge is -2.13. The summed E-state index contributed by atoms with van der Waals surface area (Å²) in [4.78, 5) is 0. The quantitative estimate of drug-likeness (QED) is 0.754. The molecule has 2 nitrogen and oxygen atoms in total. The number of nitrogens with one attached hydrogen (secondary N) is 2. The zero-order chi connectivity index (χ0) is 15.8. The Morgan fingerprint density at radius 2 is 1.73 bits per heavy atom. The second-order valence-electron chi connectivity index (χ2n) is 5.55. The molecular weight excluding hydrogens is 288 g/mol. The fraction of sp³-hybridized carbons (Fsp3) is 0.316. The Balaban J connectivity index is 1.77. The molecule has 0 unspecified atom stereocenters. The van der Waals surface area contributed by atoms with Crippen LogP contribution in [0, 0.1) is 0 Å². The summed E-state index contributed by atoms with van der Waals surface area (Å²) in [5, 5.41) is 7.15. The first-order valence-corrected chi connectivity index (χ1v) is 8.28. The summed E-state index contributed by atoms with van der Waals surface area (Å²) in [6, 6.07) is 18.9. The smallest absolute Gasteiger partial charge is 0.170 e. The van der Waals surface area contributed by atoms with Crippen LogP contribution in [-0.4, -0.2) is 11.7 Å². The average molecular weight is 312 g/mol. The van der Waals surface area contributed by atoms with Gasteiger partial charge in [0, 0.05) is 12.2 Å². The van der Waals surface area contributed by atoms with Crippen LogP contribution >= 0.6 is 12.2 Å². The molecule has 116 valence electrons. The molecule has 2 rings (SSSR count). The van der Waals surface area contributed by atoms with E-state index in [0.717, 1.165) is 25.1 Å². The van der Waals surface area contributed by atoms with Gasteiger partial charge in [0.25, 0.3) is 0 Å². The molecule has 0 aliphatic rings. The second kappa shape index (κ2) is 8.54. The van der Waals surface area contributed by atoms with Crippen LogP contribution in [0.5, 0.6) is 0 Å². The van der Waals surface area contributed by atoms with Crippen molar-refractivity contribution in [3.05, 3.63) is 65.7 Å². The number of hydrogen-bond donors (Lipinski definition) is 2. The predicted molar refractivity (Wildman–Crippen MR) is 99.5 cm³/mol. The third-order valence-corrected chi connectivity index (χ3v) is 4.14. The molecule has 0 aliphatic heterocycles. The van der Waals surface area contributed by atoms with Crippen molar-refractivity contribution in [2.45, 2.75) is 32.6 Å². The number of thiocarbonyl (C=S) groups is 1. The standard InChI is InChI=1S/C19H24N2S/c1-3-15(2)17-9-11-18(12-10-17)21-19(22)20-14-13-16-7-5-4-6-8-16/h4-12,15H,3,13-14H2,1-2H3,(H2,20,21,22)/t15-/m1/s1. The van der Waals surface area contributed by atoms with Gasteiger partial charge in [0.15, 0.2) is 5.11 Å². The largest absolute Gasteiger partial charge is 0.362 e. The van der Waals surface area contributed by atoms with Gasteiger partial charge in [-0.3, -0.25) is 0 Å². The lowest BCUT2D eigenvalue weighted by Crippen LogP contribution is -2.30. The predicted octanol–water partition coefficient (Wildman–Crippen LogP) is 4.73. The van der Waals surface area contributed by atoms with E-state index >= 15 is 0 Å². The molecule has 22 heavy (non-hydrogen) atoms. The van der Waals surface area contributed by atoms with E-state index in [2.05, 4.69) is 73.0 Å². The molecule has 3 heteroatoms. The molecule has 2 aromatic carbocycles. The Hall–Kier alpha value is -1.87. The van der Waals surface area contributed by atoms with Crippen molar-refractivity contribution in [3.8, 4) is 0 Å². The highest BCUT2D eigenvalue weighted by atomic mass is 32.1. The van der Waals surface area contributed by atoms with Gasteiger partial charge in [-0.25, -0.2) is 0 Å². The average Bonchev–Trinajstić information content (AvgIpc) is 2.56. The molecular formula is C19H24N2S. The van der Waals surface area contributed by atoms with Crippen LogP contribution < -0.4 is 10.6 Å². The van der Waals surface area contributed by atoms with Crippen LogP contribution in [0.2, 0.25) is 0 Å². The van der Waals surface area contributed by atoms with Crippen LogP contribution in [0.3, 0.4) is 0 Å². The van der Waals surface area contributed by atoms with Crippen LogP contribution in [-0.2, 0) is 6.42 Å². The maximum atomic E-state index is 5.34. The van der Waals surface area contributed by atoms with Crippen molar-refractivity contribution in [1.82, 2.24) is 5.32 Å². The fourth-order valence-electron chi connectivity index (χ4n) is 2.27. The lowest BCUT2D eigenvalue weighted by atomic mass is 9.99. The first-order chi connectivity index (χ1) is 10.7. The molecule has 0 radical (unpaired) electrons. The van der Waals surface area contributed by atoms with Crippen molar-refractivity contribution in [3.63, 3.8) is 0 Å². The Morgan fingerprint density at radius 1 is 1.05 bits per heavy atom. The molecule has 0 bridgehead atoms. The van der Waals surface area contributed by atoms with Gasteiger partial charge in [-0.1, -0.05) is 56.3 Å². The molecule has 0 amide bonds. The molecule has 0 spiro atoms. The van der Waals surface area contributed by atoms with Crippen LogP contribution in [0.15, 0.2) is 54.6 Å². The van der Waals surface area contributed by atoms with Gasteiger partial charge in [-0.2, -0.15) is 0 Å². The molecule has 2 aromatic rings. The van der Waals surface area contributed by atoms with Gasteiger partial charge in [-0.05, 0) is 54.2 Å². The third kappa shape index (κ3) is 5.15. The molecule has 0 heterocycles. The van der Waals surface area contributed by atoms with Crippen LogP contribution in [0.4, 0.5) is 5.69 Å². The van der Waals surface area contributed by atoms with E-state index in [1.165, 1.54) is 11.1 Å². The van der Waals surface area contributed by atoms with Gasteiger partial charge in [0.2, 0.25) is 0 Å². The maximum Gasteiger partial charge on any atom is 0.170 e. The molecule has 1 atom stereocenters. The fourth-order valence-corrected chi connectivity index (χ4v) is 2.49. The minimum atomic E-state index is 0.602. The summed E-state index contributed by atoms with van der Waals surface area (Å²) in [5.41, 5.74) is 3.72. The zero-order valence-corrected chi connectivity index (χ0v) is 14.1. The topological polar surface area (TPSA) is 24.1 Å². The SMILES string of the molecule is CC[C@@H](C)c1ccc(NC(=S)NCCc2ccccc2)cc1. The number of benzene rings is 2. The van der Waals surface area contributed by atoms with E-state index < -0.39 is 0 Å². The molecule has 0 saturated heterocycles. The van der Waals surface area contributed by atoms with Crippen molar-refractivity contribution >= 4 is 23.0 Å². The molecule has 0 fully saturated rings. The minimum absolute atomic E-state index is 0.602. The van der Waals surface area contributed by atoms with E-state index in [-0.39, 0.29) is 0 Å². The normalized spacial score (nSPS) is 11.7. The Labute approximate surface area is 139 Å². The highest BCUT2D eigenvalue weighted by Crippen LogP contribution is 2.20. The van der Waals surface area contributed by atoms with Gasteiger partial charge in [0.05, 0.1) is 0 Å². The first-order valence-electron chi connectivity index (χ1n) is 7.87. The van der Waals surface area contributed by atoms with E-state index in [0.29, 0.717) is 11.0 Å². The van der Waals surface area contributed by atoms with E-state index in [4.69, 9.17) is 12.2 Å². The van der Waals surface area contributed by atoms with Gasteiger partial charge < -0.3 is 10.6 Å². The minimum Gasteiger partial charge on any atom is -0.362 e. The summed E-state index contributed by atoms with van der Waals surface area (Å²) in [6.07, 6.45) is 2.13. The summed E-state index contributed by atoms with van der Waals surface area (Å²) >= 11 is 5.34. The number of anilines is 1. The Kier molecular flexibility index (Phi) is 6.41. The zero-order valence-electron chi connectivity index (χ0n) is 13.3. The van der Waals surface area contributed by atoms with Gasteiger partial charge in [0.1, 0.15) is 0 Å². The van der Waals surface area contributed by atoms with Gasteiger partial charge in [-0.15, -0.1) is 0 Å². The maximum absolute atomic E-state index is 5.34. The lowest BCUT2D eigenvalue weighted by molar-refractivity contribution is 0.734.